The molecule has 47 heteroatoms. The number of ether oxygens (including phenoxy) is 7. The molecule has 0 bridgehead atoms. The molecule has 4 atom stereocenters. The number of sulfone groups is 4. The first-order valence-electron chi connectivity index (χ1n) is 36.9. The van der Waals surface area contributed by atoms with E-state index >= 15 is 0 Å². The van der Waals surface area contributed by atoms with E-state index < -0.39 is 139 Å². The number of phenolic OH excluding ortho intramolecular Hbond substituents is 1. The number of halogens is 16. The average molecular weight is 1940 g/mol. The SMILES string of the molecule is N#Cc1ccc(F)c(C(F)(F)F)c1.N#Cc1ccc(Oc2ccccc2S(=O)(=O)CC2CCCO2)c(C(F)(F)F)c1.NC(=NO)c1ccc(Oc2ccccc2S(=O)(=O)CC2CCCO2)c(C(F)(F)F)c1.NO.O=C(Cl)CCl.O=S(=O)(CC1CCCO1)c1ccccc1O.O=S(=O)(CC1CCCO1)c1ccccc1Oc1ccc(-c2noc(CCl)n2)cc1C(F)(F)F. The maximum atomic E-state index is 13.8. The van der Waals surface area contributed by atoms with Gasteiger partial charge in [-0.05, 0) is 184 Å². The van der Waals surface area contributed by atoms with Crippen LogP contribution in [0.4, 0.5) is 57.1 Å². The molecule has 127 heavy (non-hydrogen) atoms. The highest BCUT2D eigenvalue weighted by atomic mass is 35.5. The van der Waals surface area contributed by atoms with Gasteiger partial charge in [0.2, 0.25) is 17.0 Å². The number of rotatable bonds is 22. The number of oxime groups is 1. The lowest BCUT2D eigenvalue weighted by Crippen LogP contribution is -2.20. The normalized spacial score (nSPS) is 16.5. The number of nitriles is 2. The third kappa shape index (κ3) is 30.6. The van der Waals surface area contributed by atoms with E-state index in [1.165, 1.54) is 109 Å². The molecule has 7 N–H and O–H groups in total. The fourth-order valence-corrected chi connectivity index (χ4v) is 18.7. The van der Waals surface area contributed by atoms with Crippen LogP contribution in [0, 0.1) is 28.5 Å². The van der Waals surface area contributed by atoms with Crippen LogP contribution in [0.5, 0.6) is 40.2 Å². The quantitative estimate of drug-likeness (QED) is 0.00800. The van der Waals surface area contributed by atoms with Crippen molar-refractivity contribution in [3.05, 3.63) is 221 Å². The summed E-state index contributed by atoms with van der Waals surface area (Å²) in [5.74, 6) is -2.06. The molecule has 1 aromatic heterocycles. The van der Waals surface area contributed by atoms with Gasteiger partial charge in [-0.25, -0.2) is 44.0 Å². The van der Waals surface area contributed by atoms with Gasteiger partial charge in [0.05, 0.1) is 98.8 Å². The summed E-state index contributed by atoms with van der Waals surface area (Å²) in [6.45, 7) is 2.06. The summed E-state index contributed by atoms with van der Waals surface area (Å²) >= 11 is 15.1. The first kappa shape index (κ1) is 104. The van der Waals surface area contributed by atoms with Crippen LogP contribution in [0.1, 0.15) is 96.2 Å². The molecule has 4 aliphatic heterocycles. The third-order valence-corrected chi connectivity index (χ3v) is 25.9. The van der Waals surface area contributed by atoms with E-state index in [1.54, 1.807) is 18.2 Å². The minimum absolute atomic E-state index is 0.00880. The number of nitrogens with two attached hydrogens (primary N) is 2. The number of alkyl halides is 14. The maximum Gasteiger partial charge on any atom is 0.420 e. The molecular formula is C80H75Cl3F13N7O20S4. The minimum atomic E-state index is -4.83. The Labute approximate surface area is 732 Å². The van der Waals surface area contributed by atoms with Crippen molar-refractivity contribution in [2.24, 2.45) is 16.8 Å². The lowest BCUT2D eigenvalue weighted by atomic mass is 10.1. The van der Waals surface area contributed by atoms with Gasteiger partial charge in [-0.15, -0.1) is 23.2 Å². The van der Waals surface area contributed by atoms with Gasteiger partial charge < -0.3 is 58.9 Å². The molecule has 4 aliphatic rings. The molecule has 13 rings (SSSR count). The van der Waals surface area contributed by atoms with Crippen molar-refractivity contribution < 1.29 is 149 Å². The summed E-state index contributed by atoms with van der Waals surface area (Å²) in [7, 11) is -15.0. The highest BCUT2D eigenvalue weighted by Crippen LogP contribution is 2.45. The summed E-state index contributed by atoms with van der Waals surface area (Å²) in [5.41, 5.74) is -0.0441. The number of carbonyl (C=O) groups excluding carboxylic acids is 1. The van der Waals surface area contributed by atoms with Gasteiger partial charge in [0, 0.05) is 37.6 Å². The van der Waals surface area contributed by atoms with Gasteiger partial charge in [0.25, 0.3) is 0 Å². The molecule has 0 saturated carbocycles. The Bertz CT molecular complexity index is 5830. The summed E-state index contributed by atoms with van der Waals surface area (Å²) in [4.78, 5) is 12.7. The van der Waals surface area contributed by atoms with Crippen molar-refractivity contribution in [3.63, 3.8) is 0 Å². The lowest BCUT2D eigenvalue weighted by molar-refractivity contribution is -0.140. The number of aromatic nitrogens is 2. The summed E-state index contributed by atoms with van der Waals surface area (Å²) in [6.07, 6.45) is -15.0. The first-order chi connectivity index (χ1) is 59.8. The van der Waals surface area contributed by atoms with E-state index in [0.717, 1.165) is 62.4 Å². The van der Waals surface area contributed by atoms with Gasteiger partial charge in [-0.1, -0.05) is 58.8 Å². The molecular weight excluding hydrogens is 1860 g/mol. The average Bonchev–Trinajstić information content (AvgIpc) is 1.80. The van der Waals surface area contributed by atoms with Crippen LogP contribution in [-0.4, -0.2) is 150 Å². The topological polar surface area (TPSA) is 430 Å². The molecule has 0 amide bonds. The Morgan fingerprint density at radius 1 is 0.480 bits per heavy atom. The van der Waals surface area contributed by atoms with Crippen molar-refractivity contribution in [3.8, 4) is 63.8 Å². The van der Waals surface area contributed by atoms with Crippen molar-refractivity contribution in [1.82, 2.24) is 10.1 Å². The number of para-hydroxylation sites is 4. The zero-order chi connectivity index (χ0) is 93.9. The van der Waals surface area contributed by atoms with E-state index in [-0.39, 0.29) is 117 Å². The molecule has 9 aromatic rings. The van der Waals surface area contributed by atoms with Crippen LogP contribution < -0.4 is 25.8 Å². The van der Waals surface area contributed by atoms with Gasteiger partial charge in [0.1, 0.15) is 71.5 Å². The summed E-state index contributed by atoms with van der Waals surface area (Å²) in [5, 5.41) is 47.6. The maximum absolute atomic E-state index is 13.8. The molecule has 27 nitrogen and oxygen atoms in total. The fraction of sp³-hybridized carbons (Fsp3) is 0.325. The van der Waals surface area contributed by atoms with E-state index in [2.05, 4.69) is 21.2 Å². The number of aromatic hydroxyl groups is 1. The van der Waals surface area contributed by atoms with Crippen LogP contribution in [0.25, 0.3) is 11.4 Å². The molecule has 8 aromatic carbocycles. The standard InChI is InChI=1S/C21H18ClF3N2O5S.C19H19F3N2O5S.C19H16F3NO4S.C11H14O4S.C8H3F4N.C2H2Cl2O.H3NO/c22-11-19-26-20(27-32-19)13-7-8-16(15(10-13)21(23,24)25)31-17-5-1-2-6-18(17)33(28,29)12-14-4-3-9-30-14;20-19(21,22)14-10-12(18(23)24-25)7-8-15(14)29-16-5-1-2-6-17(16)30(26,27)11-13-4-3-9-28-13;20-19(21,22)15-10-13(11-23)7-8-16(15)27-17-5-1-2-6-18(17)28(24,25)12-14-4-3-9-26-14;12-10-5-1-2-6-11(10)16(13,14)8-9-4-3-7-15-9;9-7-2-1-5(4-13)3-6(7)8(10,11)12;3-1-2(4)5;1-2/h1-2,5-8,10,14H,3-4,9,11-12H2;1-2,5-8,10,13,25H,3-4,9,11H2,(H2,23,24);1-2,5-8,10,14H,3-4,9,12H2;1-2,5-6,9,12H,3-4,7-8H2;1-3H;1H2;2H,1H2. The summed E-state index contributed by atoms with van der Waals surface area (Å²) in [6, 6.07) is 36.7. The van der Waals surface area contributed by atoms with Crippen LogP contribution in [0.15, 0.2) is 199 Å². The van der Waals surface area contributed by atoms with E-state index in [4.69, 9.17) is 99.2 Å². The van der Waals surface area contributed by atoms with E-state index in [1.807, 2.05) is 0 Å². The number of nitrogens with zero attached hydrogens (tertiary/aromatic N) is 5. The van der Waals surface area contributed by atoms with Crippen molar-refractivity contribution in [2.45, 2.75) is 126 Å². The van der Waals surface area contributed by atoms with Gasteiger partial charge in [-0.2, -0.15) is 68.2 Å². The number of hydrogen-bond acceptors (Lipinski definition) is 26. The van der Waals surface area contributed by atoms with Crippen molar-refractivity contribution >= 4 is 85.2 Å². The molecule has 4 unspecified atom stereocenters. The zero-order valence-corrected chi connectivity index (χ0v) is 71.1. The molecule has 0 radical (unpaired) electrons. The van der Waals surface area contributed by atoms with E-state index in [9.17, 15) is 101 Å². The number of carbonyl (C=O) groups is 1. The predicted octanol–water partition coefficient (Wildman–Crippen LogP) is 17.5. The Morgan fingerprint density at radius 2 is 0.811 bits per heavy atom. The smallest absolute Gasteiger partial charge is 0.420 e. The first-order valence-corrected chi connectivity index (χ1v) is 45.0. The number of benzene rings is 8. The number of phenols is 1. The largest absolute Gasteiger partial charge is 0.507 e. The molecule has 0 spiro atoms. The van der Waals surface area contributed by atoms with Gasteiger partial charge in [-0.3, -0.25) is 4.79 Å². The summed E-state index contributed by atoms with van der Waals surface area (Å²) < 4.78 is 314. The van der Waals surface area contributed by atoms with Gasteiger partial charge in [0.15, 0.2) is 45.2 Å². The van der Waals surface area contributed by atoms with Gasteiger partial charge >= 0.3 is 24.7 Å². The third-order valence-electron chi connectivity index (χ3n) is 17.9. The highest BCUT2D eigenvalue weighted by Gasteiger charge is 2.41. The Balaban J connectivity index is 0.000000220. The predicted molar refractivity (Wildman–Crippen MR) is 430 cm³/mol. The lowest BCUT2D eigenvalue weighted by Gasteiger charge is -2.17. The van der Waals surface area contributed by atoms with Crippen LogP contribution in [0.2, 0.25) is 0 Å². The highest BCUT2D eigenvalue weighted by molar-refractivity contribution is 7.92. The Kier molecular flexibility index (Phi) is 37.9. The zero-order valence-electron chi connectivity index (χ0n) is 65.6. The second-order valence-electron chi connectivity index (χ2n) is 26.9. The molecule has 5 heterocycles. The molecule has 0 aliphatic carbocycles. The fourth-order valence-electron chi connectivity index (χ4n) is 12.1. The number of hydrogen-bond donors (Lipinski definition) is 5. The van der Waals surface area contributed by atoms with Crippen LogP contribution in [-0.2, 0) is 93.7 Å². The molecule has 4 saturated heterocycles. The number of amidine groups is 1. The minimum Gasteiger partial charge on any atom is -0.507 e. The second-order valence-corrected chi connectivity index (χ2v) is 35.9. The van der Waals surface area contributed by atoms with Crippen LogP contribution in [0.3, 0.4) is 0 Å². The molecule has 4 fully saturated rings. The monoisotopic (exact) mass is 1930 g/mol. The molecule has 686 valence electrons. The van der Waals surface area contributed by atoms with Crippen LogP contribution >= 0.6 is 34.8 Å². The Morgan fingerprint density at radius 3 is 1.15 bits per heavy atom. The second kappa shape index (κ2) is 46.5. The Hall–Kier alpha value is -10.5. The van der Waals surface area contributed by atoms with E-state index in [0.29, 0.717) is 70.0 Å². The van der Waals surface area contributed by atoms with Crippen molar-refractivity contribution in [2.75, 3.05) is 55.3 Å². The van der Waals surface area contributed by atoms with Crippen molar-refractivity contribution in [1.29, 1.82) is 10.5 Å².